The lowest BCUT2D eigenvalue weighted by Gasteiger charge is -2.21. The summed E-state index contributed by atoms with van der Waals surface area (Å²) < 4.78 is 25.6. The average Bonchev–Trinajstić information content (AvgIpc) is 3.11. The highest BCUT2D eigenvalue weighted by atomic mass is 32.2. The van der Waals surface area contributed by atoms with Gasteiger partial charge in [0.2, 0.25) is 10.0 Å². The van der Waals surface area contributed by atoms with Crippen molar-refractivity contribution < 1.29 is 28.2 Å². The molecule has 0 radical (unpaired) electrons. The zero-order valence-corrected chi connectivity index (χ0v) is 17.1. The molecule has 2 heterocycles. The predicted molar refractivity (Wildman–Crippen MR) is 110 cm³/mol. The number of hydrogen-bond donors (Lipinski definition) is 4. The third kappa shape index (κ3) is 6.41. The number of aromatic amines is 1. The Hall–Kier alpha value is -2.69. The number of hydrogen-bond acceptors (Lipinski definition) is 5. The monoisotopic (exact) mass is 423 g/mol. The van der Waals surface area contributed by atoms with Crippen LogP contribution in [0, 0.1) is 0 Å². The maximum atomic E-state index is 11.6. The Morgan fingerprint density at radius 1 is 1.24 bits per heavy atom. The average molecular weight is 423 g/mol. The summed E-state index contributed by atoms with van der Waals surface area (Å²) in [7, 11) is 0.412. The van der Waals surface area contributed by atoms with Crippen LogP contribution in [0.5, 0.6) is 0 Å². The van der Waals surface area contributed by atoms with Gasteiger partial charge >= 0.3 is 11.9 Å². The lowest BCUT2D eigenvalue weighted by atomic mass is 9.98. The topological polar surface area (TPSA) is 140 Å². The highest BCUT2D eigenvalue weighted by molar-refractivity contribution is 7.89. The minimum atomic E-state index is -3.17. The summed E-state index contributed by atoms with van der Waals surface area (Å²) in [6.07, 6.45) is 5.91. The van der Waals surface area contributed by atoms with E-state index in [2.05, 4.69) is 40.0 Å². The molecule has 0 saturated carbocycles. The molecule has 0 bridgehead atoms. The van der Waals surface area contributed by atoms with Crippen LogP contribution >= 0.6 is 0 Å². The summed E-state index contributed by atoms with van der Waals surface area (Å²) in [6, 6.07) is 6.15. The molecule has 1 aromatic carbocycles. The Morgan fingerprint density at radius 2 is 1.93 bits per heavy atom. The van der Waals surface area contributed by atoms with Crippen molar-refractivity contribution in [1.29, 1.82) is 0 Å². The van der Waals surface area contributed by atoms with E-state index >= 15 is 0 Å². The summed E-state index contributed by atoms with van der Waals surface area (Å²) in [4.78, 5) is 23.8. The summed E-state index contributed by atoms with van der Waals surface area (Å²) in [6.45, 7) is 2.04. The Labute approximate surface area is 169 Å². The maximum Gasteiger partial charge on any atom is 0.414 e. The molecule has 0 amide bonds. The van der Waals surface area contributed by atoms with Gasteiger partial charge in [0.15, 0.2) is 0 Å². The van der Waals surface area contributed by atoms with E-state index in [-0.39, 0.29) is 5.75 Å². The predicted octanol–water partition coefficient (Wildman–Crippen LogP) is 1.13. The van der Waals surface area contributed by atoms with Crippen LogP contribution in [-0.2, 0) is 26.0 Å². The van der Waals surface area contributed by atoms with Gasteiger partial charge in [-0.05, 0) is 50.2 Å². The fourth-order valence-corrected chi connectivity index (χ4v) is 3.67. The number of aromatic nitrogens is 1. The van der Waals surface area contributed by atoms with Gasteiger partial charge in [-0.15, -0.1) is 0 Å². The van der Waals surface area contributed by atoms with E-state index < -0.39 is 22.0 Å². The second-order valence-corrected chi connectivity index (χ2v) is 8.75. The molecule has 1 aromatic heterocycles. The first-order valence-corrected chi connectivity index (χ1v) is 10.6. The van der Waals surface area contributed by atoms with Crippen molar-refractivity contribution in [1.82, 2.24) is 14.6 Å². The fraction of sp³-hybridized carbons (Fsp3) is 0.368. The van der Waals surface area contributed by atoms with Gasteiger partial charge in [-0.3, -0.25) is 0 Å². The van der Waals surface area contributed by atoms with Gasteiger partial charge in [0.25, 0.3) is 0 Å². The van der Waals surface area contributed by atoms with E-state index in [0.29, 0.717) is 6.42 Å². The van der Waals surface area contributed by atoms with Crippen LogP contribution in [0.15, 0.2) is 30.5 Å². The number of aryl methyl sites for hydroxylation is 1. The van der Waals surface area contributed by atoms with Crippen LogP contribution in [0.3, 0.4) is 0 Å². The number of sulfonamides is 1. The number of nitrogens with zero attached hydrogens (tertiary/aromatic N) is 1. The van der Waals surface area contributed by atoms with Crippen LogP contribution in [0.25, 0.3) is 16.5 Å². The number of carbonyl (C=O) groups is 2. The second kappa shape index (κ2) is 9.68. The quantitative estimate of drug-likeness (QED) is 0.529. The maximum absolute atomic E-state index is 11.6. The molecule has 0 fully saturated rings. The molecular weight excluding hydrogens is 398 g/mol. The minimum Gasteiger partial charge on any atom is -0.473 e. The SMILES string of the molecule is CNS(=O)(=O)CCc1ccc2[nH]cc(C3=CCN(C)CC3)c2c1.O=C(O)C(=O)O. The van der Waals surface area contributed by atoms with Crippen LogP contribution in [0.4, 0.5) is 0 Å². The number of nitrogens with one attached hydrogen (secondary N) is 2. The van der Waals surface area contributed by atoms with Crippen molar-refractivity contribution in [2.45, 2.75) is 12.8 Å². The third-order valence-corrected chi connectivity index (χ3v) is 6.02. The van der Waals surface area contributed by atoms with Gasteiger partial charge in [-0.25, -0.2) is 22.7 Å². The summed E-state index contributed by atoms with van der Waals surface area (Å²) in [5.41, 5.74) is 4.76. The molecule has 0 unspecified atom stereocenters. The van der Waals surface area contributed by atoms with Crippen molar-refractivity contribution in [2.75, 3.05) is 32.9 Å². The molecule has 0 aliphatic carbocycles. The zero-order valence-electron chi connectivity index (χ0n) is 16.3. The van der Waals surface area contributed by atoms with Gasteiger partial charge < -0.3 is 20.1 Å². The van der Waals surface area contributed by atoms with E-state index in [0.717, 1.165) is 30.6 Å². The highest BCUT2D eigenvalue weighted by Gasteiger charge is 2.14. The van der Waals surface area contributed by atoms with Crippen molar-refractivity contribution in [3.8, 4) is 0 Å². The molecule has 0 saturated heterocycles. The summed E-state index contributed by atoms with van der Waals surface area (Å²) in [5, 5.41) is 16.0. The summed E-state index contributed by atoms with van der Waals surface area (Å²) >= 11 is 0. The molecule has 4 N–H and O–H groups in total. The molecule has 0 spiro atoms. The number of H-pyrrole nitrogens is 1. The molecule has 158 valence electrons. The molecule has 2 aromatic rings. The van der Waals surface area contributed by atoms with Crippen molar-refractivity contribution in [3.63, 3.8) is 0 Å². The van der Waals surface area contributed by atoms with Crippen LogP contribution in [-0.4, -0.2) is 73.4 Å². The van der Waals surface area contributed by atoms with Crippen molar-refractivity contribution >= 4 is 38.4 Å². The highest BCUT2D eigenvalue weighted by Crippen LogP contribution is 2.29. The smallest absolute Gasteiger partial charge is 0.414 e. The Kier molecular flexibility index (Phi) is 7.54. The van der Waals surface area contributed by atoms with Crippen molar-refractivity contribution in [3.05, 3.63) is 41.6 Å². The van der Waals surface area contributed by atoms with Gasteiger partial charge in [0, 0.05) is 35.8 Å². The van der Waals surface area contributed by atoms with E-state index in [1.54, 1.807) is 0 Å². The lowest BCUT2D eigenvalue weighted by molar-refractivity contribution is -0.159. The zero-order chi connectivity index (χ0) is 21.6. The first kappa shape index (κ1) is 22.6. The fourth-order valence-electron chi connectivity index (χ4n) is 2.96. The van der Waals surface area contributed by atoms with Crippen LogP contribution in [0.2, 0.25) is 0 Å². The molecule has 29 heavy (non-hydrogen) atoms. The van der Waals surface area contributed by atoms with Gasteiger partial charge in [-0.1, -0.05) is 12.1 Å². The number of carboxylic acids is 2. The first-order valence-electron chi connectivity index (χ1n) is 8.98. The van der Waals surface area contributed by atoms with Gasteiger partial charge in [0.05, 0.1) is 5.75 Å². The van der Waals surface area contributed by atoms with Gasteiger partial charge in [0.1, 0.15) is 0 Å². The Morgan fingerprint density at radius 3 is 2.48 bits per heavy atom. The van der Waals surface area contributed by atoms with Crippen LogP contribution in [0.1, 0.15) is 17.5 Å². The molecule has 3 rings (SSSR count). The third-order valence-electron chi connectivity index (χ3n) is 4.66. The standard InChI is InChI=1S/C17H23N3O2S.C2H2O4/c1-18-23(21,22)10-7-13-3-4-17-15(11-13)16(12-19-17)14-5-8-20(2)9-6-14;3-1(4)2(5)6/h3-5,11-12,18-19H,6-10H2,1-2H3;(H,3,4)(H,5,6). The van der Waals surface area contributed by atoms with E-state index in [1.807, 2.05) is 12.1 Å². The molecule has 0 atom stereocenters. The molecular formula is C19H25N3O6S. The number of benzene rings is 1. The van der Waals surface area contributed by atoms with Gasteiger partial charge in [-0.2, -0.15) is 0 Å². The largest absolute Gasteiger partial charge is 0.473 e. The van der Waals surface area contributed by atoms with Crippen molar-refractivity contribution in [2.24, 2.45) is 0 Å². The number of aliphatic carboxylic acids is 2. The Balaban J connectivity index is 0.000000438. The second-order valence-electron chi connectivity index (χ2n) is 6.71. The number of likely N-dealkylation sites (N-methyl/N-ethyl adjacent to an activating group) is 1. The Bertz CT molecular complexity index is 1010. The van der Waals surface area contributed by atoms with E-state index in [4.69, 9.17) is 19.8 Å². The first-order chi connectivity index (χ1) is 13.6. The van der Waals surface area contributed by atoms with E-state index in [1.165, 1.54) is 23.6 Å². The number of rotatable bonds is 5. The summed E-state index contributed by atoms with van der Waals surface area (Å²) in [5.74, 6) is -3.53. The minimum absolute atomic E-state index is 0.113. The lowest BCUT2D eigenvalue weighted by Crippen LogP contribution is -2.23. The molecule has 1 aliphatic rings. The normalized spacial score (nSPS) is 14.8. The van der Waals surface area contributed by atoms with Crippen LogP contribution < -0.4 is 4.72 Å². The van der Waals surface area contributed by atoms with E-state index in [9.17, 15) is 8.42 Å². The molecule has 9 nitrogen and oxygen atoms in total. The molecule has 1 aliphatic heterocycles. The number of fused-ring (bicyclic) bond motifs is 1. The number of carboxylic acid groups (broad SMARTS) is 2. The molecule has 10 heteroatoms.